The highest BCUT2D eigenvalue weighted by molar-refractivity contribution is 5.97. The van der Waals surface area contributed by atoms with Crippen molar-refractivity contribution in [2.24, 2.45) is 0 Å². The summed E-state index contributed by atoms with van der Waals surface area (Å²) in [5, 5.41) is 3.22. The largest absolute Gasteiger partial charge is 0.372 e. The Hall–Kier alpha value is -2.66. The van der Waals surface area contributed by atoms with E-state index in [9.17, 15) is 4.79 Å². The van der Waals surface area contributed by atoms with Gasteiger partial charge < -0.3 is 14.6 Å². The van der Waals surface area contributed by atoms with Gasteiger partial charge in [0.2, 0.25) is 0 Å². The number of rotatable bonds is 2. The molecule has 26 heavy (non-hydrogen) atoms. The number of imidazole rings is 1. The summed E-state index contributed by atoms with van der Waals surface area (Å²) in [6, 6.07) is 14.3. The quantitative estimate of drug-likeness (QED) is 0.773. The van der Waals surface area contributed by atoms with Gasteiger partial charge in [-0.3, -0.25) is 4.79 Å². The lowest BCUT2D eigenvalue weighted by Crippen LogP contribution is -2.30. The number of hydrogen-bond acceptors (Lipinski definition) is 3. The number of carbonyl (C=O) groups is 1. The molecule has 5 rings (SSSR count). The Kier molecular flexibility index (Phi) is 3.75. The summed E-state index contributed by atoms with van der Waals surface area (Å²) in [5.74, 6) is 0.904. The molecule has 0 spiro atoms. The van der Waals surface area contributed by atoms with Crippen molar-refractivity contribution in [3.63, 3.8) is 0 Å². The van der Waals surface area contributed by atoms with Gasteiger partial charge in [-0.05, 0) is 48.6 Å². The van der Waals surface area contributed by atoms with E-state index in [0.717, 1.165) is 42.7 Å². The Bertz CT molecular complexity index is 992. The molecule has 1 aromatic heterocycles. The van der Waals surface area contributed by atoms with Crippen LogP contribution in [0.15, 0.2) is 42.5 Å². The molecule has 2 aliphatic rings. The second-order valence-electron chi connectivity index (χ2n) is 7.05. The zero-order valence-corrected chi connectivity index (χ0v) is 14.6. The number of amides is 1. The van der Waals surface area contributed by atoms with Gasteiger partial charge in [0, 0.05) is 12.1 Å². The average Bonchev–Trinajstić information content (AvgIpc) is 3.06. The van der Waals surface area contributed by atoms with Crippen LogP contribution < -0.4 is 5.32 Å². The first-order chi connectivity index (χ1) is 12.8. The Morgan fingerprint density at radius 1 is 1.23 bits per heavy atom. The molecule has 3 aromatic rings. The molecule has 1 amide bonds. The van der Waals surface area contributed by atoms with Crippen molar-refractivity contribution < 1.29 is 9.53 Å². The first-order valence-electron chi connectivity index (χ1n) is 9.25. The van der Waals surface area contributed by atoms with E-state index in [1.807, 2.05) is 24.3 Å². The number of aryl methyl sites for hydroxylation is 1. The topological polar surface area (TPSA) is 56.2 Å². The van der Waals surface area contributed by atoms with Gasteiger partial charge in [-0.2, -0.15) is 0 Å². The van der Waals surface area contributed by atoms with Gasteiger partial charge in [-0.15, -0.1) is 0 Å². The number of hydrogen-bond donors (Lipinski definition) is 1. The summed E-state index contributed by atoms with van der Waals surface area (Å²) < 4.78 is 7.65. The lowest BCUT2D eigenvalue weighted by atomic mass is 9.87. The third kappa shape index (κ3) is 2.59. The molecule has 2 heterocycles. The maximum absolute atomic E-state index is 12.8. The van der Waals surface area contributed by atoms with Crippen LogP contribution in [0, 0.1) is 0 Å². The van der Waals surface area contributed by atoms with Crippen LogP contribution in [-0.4, -0.2) is 22.1 Å². The highest BCUT2D eigenvalue weighted by atomic mass is 16.5. The Morgan fingerprint density at radius 3 is 3.12 bits per heavy atom. The van der Waals surface area contributed by atoms with Crippen LogP contribution in [-0.2, 0) is 24.3 Å². The van der Waals surface area contributed by atoms with Crippen molar-refractivity contribution in [2.75, 3.05) is 6.61 Å². The summed E-state index contributed by atoms with van der Waals surface area (Å²) in [6.07, 6.45) is 3.19. The van der Waals surface area contributed by atoms with Crippen molar-refractivity contribution in [2.45, 2.75) is 38.5 Å². The van der Waals surface area contributed by atoms with Gasteiger partial charge in [0.05, 0.1) is 23.7 Å². The highest BCUT2D eigenvalue weighted by Crippen LogP contribution is 2.30. The number of aromatic nitrogens is 2. The van der Waals surface area contributed by atoms with Gasteiger partial charge >= 0.3 is 0 Å². The summed E-state index contributed by atoms with van der Waals surface area (Å²) in [6.45, 7) is 2.06. The highest BCUT2D eigenvalue weighted by Gasteiger charge is 2.22. The predicted molar refractivity (Wildman–Crippen MR) is 99.0 cm³/mol. The zero-order chi connectivity index (χ0) is 17.5. The first-order valence-corrected chi connectivity index (χ1v) is 9.25. The lowest BCUT2D eigenvalue weighted by Gasteiger charge is -2.26. The maximum atomic E-state index is 12.8. The molecule has 2 aromatic carbocycles. The normalized spacial score (nSPS) is 19.0. The molecule has 5 nitrogen and oxygen atoms in total. The van der Waals surface area contributed by atoms with Crippen molar-refractivity contribution >= 4 is 16.9 Å². The molecule has 0 saturated carbocycles. The van der Waals surface area contributed by atoms with Crippen molar-refractivity contribution in [1.82, 2.24) is 14.9 Å². The minimum atomic E-state index is -0.0316. The fourth-order valence-corrected chi connectivity index (χ4v) is 4.15. The lowest BCUT2D eigenvalue weighted by molar-refractivity contribution is 0.0830. The fraction of sp³-hybridized carbons (Fsp3) is 0.333. The Balaban J connectivity index is 1.42. The number of benzene rings is 2. The van der Waals surface area contributed by atoms with Crippen molar-refractivity contribution in [3.8, 4) is 0 Å². The molecule has 0 fully saturated rings. The van der Waals surface area contributed by atoms with Crippen LogP contribution in [0.2, 0.25) is 0 Å². The standard InChI is InChI=1S/C21H21N3O2/c25-21(23-17-7-3-5-14-4-1-2-6-16(14)17)15-8-9-19-18(12-15)22-20-13-26-11-10-24(19)20/h1-2,4,6,8-9,12,17H,3,5,7,10-11,13H2,(H,23,25). The Morgan fingerprint density at radius 2 is 2.15 bits per heavy atom. The molecule has 1 aliphatic heterocycles. The molecule has 0 radical (unpaired) electrons. The number of ether oxygens (including phenoxy) is 1. The average molecular weight is 347 g/mol. The first kappa shape index (κ1) is 15.6. The van der Waals surface area contributed by atoms with E-state index < -0.39 is 0 Å². The SMILES string of the molecule is O=C(NC1CCCc2ccccc21)c1ccc2c(c1)nc1n2CCOC1. The zero-order valence-electron chi connectivity index (χ0n) is 14.6. The van der Waals surface area contributed by atoms with Crippen molar-refractivity contribution in [1.29, 1.82) is 0 Å². The van der Waals surface area contributed by atoms with E-state index in [1.165, 1.54) is 11.1 Å². The molecule has 1 unspecified atom stereocenters. The van der Waals surface area contributed by atoms with E-state index >= 15 is 0 Å². The Labute approximate surface area is 152 Å². The number of nitrogens with zero attached hydrogens (tertiary/aromatic N) is 2. The molecular formula is C21H21N3O2. The molecule has 0 saturated heterocycles. The van der Waals surface area contributed by atoms with Gasteiger partial charge in [0.15, 0.2) is 0 Å². The number of fused-ring (bicyclic) bond motifs is 4. The summed E-state index contributed by atoms with van der Waals surface area (Å²) in [4.78, 5) is 17.5. The van der Waals surface area contributed by atoms with Gasteiger partial charge in [0.25, 0.3) is 5.91 Å². The van der Waals surface area contributed by atoms with E-state index in [4.69, 9.17) is 4.74 Å². The molecule has 1 aliphatic carbocycles. The monoisotopic (exact) mass is 347 g/mol. The number of nitrogens with one attached hydrogen (secondary N) is 1. The van der Waals surface area contributed by atoms with Crippen LogP contribution in [0.5, 0.6) is 0 Å². The molecule has 1 atom stereocenters. The molecule has 0 bridgehead atoms. The third-order valence-electron chi connectivity index (χ3n) is 5.45. The smallest absolute Gasteiger partial charge is 0.251 e. The fourth-order valence-electron chi connectivity index (χ4n) is 4.15. The predicted octanol–water partition coefficient (Wildman–Crippen LogP) is 3.37. The van der Waals surface area contributed by atoms with E-state index in [0.29, 0.717) is 18.8 Å². The van der Waals surface area contributed by atoms with E-state index in [2.05, 4.69) is 33.1 Å². The second kappa shape index (κ2) is 6.25. The molecular weight excluding hydrogens is 326 g/mol. The minimum absolute atomic E-state index is 0.0316. The van der Waals surface area contributed by atoms with Crippen LogP contribution in [0.3, 0.4) is 0 Å². The maximum Gasteiger partial charge on any atom is 0.251 e. The summed E-state index contributed by atoms with van der Waals surface area (Å²) in [7, 11) is 0. The summed E-state index contributed by atoms with van der Waals surface area (Å²) in [5.41, 5.74) is 5.20. The van der Waals surface area contributed by atoms with Crippen LogP contribution in [0.25, 0.3) is 11.0 Å². The van der Waals surface area contributed by atoms with Gasteiger partial charge in [-0.1, -0.05) is 24.3 Å². The summed E-state index contributed by atoms with van der Waals surface area (Å²) >= 11 is 0. The third-order valence-corrected chi connectivity index (χ3v) is 5.45. The van der Waals surface area contributed by atoms with E-state index in [-0.39, 0.29) is 11.9 Å². The van der Waals surface area contributed by atoms with Gasteiger partial charge in [-0.25, -0.2) is 4.98 Å². The van der Waals surface area contributed by atoms with Crippen molar-refractivity contribution in [3.05, 3.63) is 65.0 Å². The van der Waals surface area contributed by atoms with Crippen LogP contribution in [0.4, 0.5) is 0 Å². The molecule has 1 N–H and O–H groups in total. The van der Waals surface area contributed by atoms with Crippen LogP contribution >= 0.6 is 0 Å². The number of carbonyl (C=O) groups excluding carboxylic acids is 1. The second-order valence-corrected chi connectivity index (χ2v) is 7.05. The van der Waals surface area contributed by atoms with Gasteiger partial charge in [0.1, 0.15) is 12.4 Å². The van der Waals surface area contributed by atoms with Crippen LogP contribution in [0.1, 0.15) is 46.2 Å². The van der Waals surface area contributed by atoms with E-state index in [1.54, 1.807) is 0 Å². The minimum Gasteiger partial charge on any atom is -0.372 e. The molecule has 132 valence electrons. The molecule has 5 heteroatoms.